The van der Waals surface area contributed by atoms with Crippen LogP contribution in [0.1, 0.15) is 245 Å². The van der Waals surface area contributed by atoms with Crippen molar-refractivity contribution >= 4 is 17.9 Å². The molecule has 6 nitrogen and oxygen atoms in total. The van der Waals surface area contributed by atoms with Gasteiger partial charge in [-0.1, -0.05) is 209 Å². The highest BCUT2D eigenvalue weighted by atomic mass is 16.6. The van der Waals surface area contributed by atoms with Gasteiger partial charge in [-0.15, -0.1) is 0 Å². The van der Waals surface area contributed by atoms with Gasteiger partial charge in [0.2, 0.25) is 0 Å². The maximum absolute atomic E-state index is 12.7. The molecule has 62 heavy (non-hydrogen) atoms. The van der Waals surface area contributed by atoms with Crippen molar-refractivity contribution in [3.8, 4) is 0 Å². The molecular weight excluding hydrogens is 769 g/mol. The number of unbranched alkanes of at least 4 members (excludes halogenated alkanes) is 23. The van der Waals surface area contributed by atoms with Crippen molar-refractivity contribution in [2.45, 2.75) is 252 Å². The summed E-state index contributed by atoms with van der Waals surface area (Å²) in [5.41, 5.74) is 0. The fraction of sp³-hybridized carbons (Fsp3) is 0.732. The van der Waals surface area contributed by atoms with Gasteiger partial charge in [-0.2, -0.15) is 0 Å². The first-order chi connectivity index (χ1) is 30.5. The SMILES string of the molecule is CC/C=C\C/C=C\C/C=C\C/C=C\CCC(=O)OC(COC(=O)CCCCCCC/C=C\CCC)COC(=O)CCCCCCCCCCC/C=C\CCCCCCCCCC. The molecule has 0 saturated carbocycles. The molecule has 0 radical (unpaired) electrons. The Kier molecular flexibility index (Phi) is 47.9. The predicted octanol–water partition coefficient (Wildman–Crippen LogP) is 17.0. The molecule has 0 rings (SSSR count). The first-order valence-corrected chi connectivity index (χ1v) is 25.9. The Hall–Kier alpha value is -3.15. The Bertz CT molecular complexity index is 1180. The molecule has 0 aromatic carbocycles. The molecule has 0 N–H and O–H groups in total. The first kappa shape index (κ1) is 58.9. The van der Waals surface area contributed by atoms with Crippen LogP contribution in [0.2, 0.25) is 0 Å². The summed E-state index contributed by atoms with van der Waals surface area (Å²) in [6, 6.07) is 0. The molecule has 0 aromatic heterocycles. The normalized spacial score (nSPS) is 12.6. The third kappa shape index (κ3) is 47.9. The Labute approximate surface area is 382 Å². The third-order valence-corrected chi connectivity index (χ3v) is 10.9. The Morgan fingerprint density at radius 3 is 1.11 bits per heavy atom. The largest absolute Gasteiger partial charge is 0.462 e. The highest BCUT2D eigenvalue weighted by Crippen LogP contribution is 2.14. The zero-order chi connectivity index (χ0) is 45.1. The quantitative estimate of drug-likeness (QED) is 0.0262. The van der Waals surface area contributed by atoms with E-state index in [-0.39, 0.29) is 31.6 Å². The number of hydrogen-bond acceptors (Lipinski definition) is 6. The molecule has 0 aliphatic carbocycles. The third-order valence-electron chi connectivity index (χ3n) is 10.9. The molecule has 0 aromatic rings. The summed E-state index contributed by atoms with van der Waals surface area (Å²) < 4.78 is 16.7. The number of ether oxygens (including phenoxy) is 3. The number of allylic oxidation sites excluding steroid dienone is 12. The van der Waals surface area contributed by atoms with Crippen LogP contribution in [0, 0.1) is 0 Å². The minimum atomic E-state index is -0.815. The van der Waals surface area contributed by atoms with Gasteiger partial charge in [0, 0.05) is 19.3 Å². The van der Waals surface area contributed by atoms with Crippen molar-refractivity contribution in [1.82, 2.24) is 0 Å². The zero-order valence-electron chi connectivity index (χ0n) is 40.6. The number of carbonyl (C=O) groups excluding carboxylic acids is 3. The van der Waals surface area contributed by atoms with Crippen LogP contribution in [-0.4, -0.2) is 37.2 Å². The van der Waals surface area contributed by atoms with E-state index in [0.717, 1.165) is 83.5 Å². The summed E-state index contributed by atoms with van der Waals surface area (Å²) in [5, 5.41) is 0. The second-order valence-electron chi connectivity index (χ2n) is 17.0. The average molecular weight is 865 g/mol. The van der Waals surface area contributed by atoms with Crippen molar-refractivity contribution < 1.29 is 28.6 Å². The number of hydrogen-bond donors (Lipinski definition) is 0. The maximum atomic E-state index is 12.7. The highest BCUT2D eigenvalue weighted by molar-refractivity contribution is 5.71. The van der Waals surface area contributed by atoms with E-state index in [9.17, 15) is 14.4 Å². The van der Waals surface area contributed by atoms with E-state index in [1.54, 1.807) is 0 Å². The van der Waals surface area contributed by atoms with Crippen molar-refractivity contribution in [2.24, 2.45) is 0 Å². The lowest BCUT2D eigenvalue weighted by Crippen LogP contribution is -2.30. The first-order valence-electron chi connectivity index (χ1n) is 25.9. The minimum absolute atomic E-state index is 0.108. The van der Waals surface area contributed by atoms with E-state index in [4.69, 9.17) is 14.2 Å². The smallest absolute Gasteiger partial charge is 0.306 e. The average Bonchev–Trinajstić information content (AvgIpc) is 3.27. The molecular formula is C56H96O6. The van der Waals surface area contributed by atoms with Gasteiger partial charge in [-0.3, -0.25) is 14.4 Å². The maximum Gasteiger partial charge on any atom is 0.306 e. The number of esters is 3. The Balaban J connectivity index is 4.34. The van der Waals surface area contributed by atoms with Crippen LogP contribution < -0.4 is 0 Å². The van der Waals surface area contributed by atoms with Gasteiger partial charge in [-0.25, -0.2) is 0 Å². The molecule has 1 unspecified atom stereocenters. The van der Waals surface area contributed by atoms with Crippen LogP contribution in [0.15, 0.2) is 72.9 Å². The molecule has 0 saturated heterocycles. The highest BCUT2D eigenvalue weighted by Gasteiger charge is 2.19. The van der Waals surface area contributed by atoms with Crippen molar-refractivity contribution in [3.05, 3.63) is 72.9 Å². The Morgan fingerprint density at radius 2 is 0.694 bits per heavy atom. The molecule has 1 atom stereocenters. The van der Waals surface area contributed by atoms with E-state index in [2.05, 4.69) is 81.5 Å². The summed E-state index contributed by atoms with van der Waals surface area (Å²) >= 11 is 0. The second-order valence-corrected chi connectivity index (χ2v) is 17.0. The van der Waals surface area contributed by atoms with Gasteiger partial charge >= 0.3 is 17.9 Å². The van der Waals surface area contributed by atoms with Crippen molar-refractivity contribution in [1.29, 1.82) is 0 Å². The van der Waals surface area contributed by atoms with Crippen molar-refractivity contribution in [2.75, 3.05) is 13.2 Å². The van der Waals surface area contributed by atoms with Crippen LogP contribution in [-0.2, 0) is 28.6 Å². The lowest BCUT2D eigenvalue weighted by molar-refractivity contribution is -0.166. The lowest BCUT2D eigenvalue weighted by Gasteiger charge is -2.18. The van der Waals surface area contributed by atoms with E-state index < -0.39 is 12.1 Å². The van der Waals surface area contributed by atoms with Crippen LogP contribution in [0.4, 0.5) is 0 Å². The molecule has 0 amide bonds. The standard InChI is InChI=1S/C56H96O6/c1-4-7-10-13-16-19-22-24-25-26-27-28-29-30-31-33-34-37-40-43-46-49-55(58)61-52-53(51-60-54(57)48-45-42-39-36-21-18-15-12-9-6-3)62-56(59)50-47-44-41-38-35-32-23-20-17-14-11-8-5-2/h8,11-12,15,17,20,26-27,32,35,41,44,53H,4-7,9-10,13-14,16,18-19,21-25,28-31,33-34,36-40,42-43,45-52H2,1-3H3/b11-8-,15-12-,20-17-,27-26-,35-32-,44-41-. The minimum Gasteiger partial charge on any atom is -0.462 e. The van der Waals surface area contributed by atoms with E-state index in [0.29, 0.717) is 19.3 Å². The molecule has 356 valence electrons. The van der Waals surface area contributed by atoms with E-state index >= 15 is 0 Å². The fourth-order valence-corrected chi connectivity index (χ4v) is 7.04. The molecule has 0 spiro atoms. The zero-order valence-corrected chi connectivity index (χ0v) is 40.6. The summed E-state index contributed by atoms with van der Waals surface area (Å²) in [6.07, 6.45) is 63.4. The fourth-order valence-electron chi connectivity index (χ4n) is 7.04. The number of carbonyl (C=O) groups is 3. The van der Waals surface area contributed by atoms with Gasteiger partial charge in [0.15, 0.2) is 6.10 Å². The number of rotatable bonds is 46. The van der Waals surface area contributed by atoms with Gasteiger partial charge in [0.05, 0.1) is 0 Å². The van der Waals surface area contributed by atoms with Crippen LogP contribution in [0.3, 0.4) is 0 Å². The molecule has 0 aliphatic heterocycles. The summed E-state index contributed by atoms with van der Waals surface area (Å²) in [7, 11) is 0. The van der Waals surface area contributed by atoms with E-state index in [1.165, 1.54) is 116 Å². The summed E-state index contributed by atoms with van der Waals surface area (Å²) in [6.45, 7) is 6.39. The second kappa shape index (κ2) is 50.5. The molecule has 0 aliphatic rings. The molecule has 0 bridgehead atoms. The van der Waals surface area contributed by atoms with E-state index in [1.807, 2.05) is 12.2 Å². The van der Waals surface area contributed by atoms with Gasteiger partial charge in [0.25, 0.3) is 0 Å². The predicted molar refractivity (Wildman–Crippen MR) is 265 cm³/mol. The lowest BCUT2D eigenvalue weighted by atomic mass is 10.1. The van der Waals surface area contributed by atoms with Gasteiger partial charge in [0.1, 0.15) is 13.2 Å². The van der Waals surface area contributed by atoms with Crippen LogP contribution in [0.5, 0.6) is 0 Å². The van der Waals surface area contributed by atoms with Gasteiger partial charge in [-0.05, 0) is 89.9 Å². The van der Waals surface area contributed by atoms with Crippen LogP contribution in [0.25, 0.3) is 0 Å². The molecule has 0 fully saturated rings. The molecule has 6 heteroatoms. The topological polar surface area (TPSA) is 78.9 Å². The van der Waals surface area contributed by atoms with Crippen molar-refractivity contribution in [3.63, 3.8) is 0 Å². The van der Waals surface area contributed by atoms with Gasteiger partial charge < -0.3 is 14.2 Å². The molecule has 0 heterocycles. The monoisotopic (exact) mass is 865 g/mol. The van der Waals surface area contributed by atoms with Crippen LogP contribution >= 0.6 is 0 Å². The summed E-state index contributed by atoms with van der Waals surface area (Å²) in [5.74, 6) is -1.00. The summed E-state index contributed by atoms with van der Waals surface area (Å²) in [4.78, 5) is 37.8. The Morgan fingerprint density at radius 1 is 0.339 bits per heavy atom.